The van der Waals surface area contributed by atoms with E-state index in [0.717, 1.165) is 26.3 Å². The number of carboxylic acid groups (broad SMARTS) is 1. The van der Waals surface area contributed by atoms with Crippen LogP contribution in [0.1, 0.15) is 29.3 Å². The minimum atomic E-state index is -1.03. The van der Waals surface area contributed by atoms with E-state index in [1.54, 1.807) is 6.07 Å². The molecule has 2 heterocycles. The molecule has 1 aromatic rings. The number of nitrogens with zero attached hydrogens (tertiary/aromatic N) is 1. The number of carbonyl (C=O) groups is 1. The van der Waals surface area contributed by atoms with Crippen LogP contribution < -0.4 is 0 Å². The number of aromatic carboxylic acids is 1. The van der Waals surface area contributed by atoms with Gasteiger partial charge in [-0.25, -0.2) is 4.79 Å². The smallest absolute Gasteiger partial charge is 0.371 e. The van der Waals surface area contributed by atoms with Gasteiger partial charge in [0.1, 0.15) is 5.76 Å². The fraction of sp³-hybridized carbons (Fsp3) is 0.545. The molecule has 88 valence electrons. The van der Waals surface area contributed by atoms with Crippen LogP contribution >= 0.6 is 0 Å². The lowest BCUT2D eigenvalue weighted by atomic mass is 10.2. The Morgan fingerprint density at radius 2 is 2.12 bits per heavy atom. The second kappa shape index (κ2) is 4.67. The molecule has 0 amide bonds. The molecule has 1 N–H and O–H groups in total. The molecule has 1 saturated heterocycles. The maximum absolute atomic E-state index is 10.7. The lowest BCUT2D eigenvalue weighted by Gasteiger charge is -2.30. The zero-order valence-electron chi connectivity index (χ0n) is 9.18. The Morgan fingerprint density at radius 3 is 2.69 bits per heavy atom. The van der Waals surface area contributed by atoms with Crippen molar-refractivity contribution in [3.8, 4) is 0 Å². The number of hydrogen-bond donors (Lipinski definition) is 1. The van der Waals surface area contributed by atoms with E-state index in [1.165, 1.54) is 6.07 Å². The van der Waals surface area contributed by atoms with Gasteiger partial charge in [0.2, 0.25) is 5.76 Å². The molecule has 1 fully saturated rings. The predicted octanol–water partition coefficient (Wildman–Crippen LogP) is 1.37. The Morgan fingerprint density at radius 1 is 1.44 bits per heavy atom. The van der Waals surface area contributed by atoms with Crippen molar-refractivity contribution in [1.29, 1.82) is 0 Å². The number of ether oxygens (including phenoxy) is 1. The first kappa shape index (κ1) is 11.2. The number of rotatable bonds is 3. The summed E-state index contributed by atoms with van der Waals surface area (Å²) in [6.45, 7) is 5.15. The van der Waals surface area contributed by atoms with Gasteiger partial charge in [-0.15, -0.1) is 0 Å². The molecule has 0 aromatic carbocycles. The van der Waals surface area contributed by atoms with Crippen molar-refractivity contribution in [1.82, 2.24) is 4.90 Å². The molecule has 5 heteroatoms. The Bertz CT molecular complexity index is 368. The lowest BCUT2D eigenvalue weighted by Crippen LogP contribution is -2.37. The lowest BCUT2D eigenvalue weighted by molar-refractivity contribution is 0.0153. The van der Waals surface area contributed by atoms with Crippen LogP contribution in [0.5, 0.6) is 0 Å². The first-order valence-corrected chi connectivity index (χ1v) is 5.33. The third kappa shape index (κ3) is 2.25. The van der Waals surface area contributed by atoms with E-state index in [0.29, 0.717) is 5.76 Å². The van der Waals surface area contributed by atoms with E-state index in [2.05, 4.69) is 4.90 Å². The number of hydrogen-bond acceptors (Lipinski definition) is 4. The molecule has 16 heavy (non-hydrogen) atoms. The van der Waals surface area contributed by atoms with Crippen LogP contribution in [0.3, 0.4) is 0 Å². The minimum absolute atomic E-state index is 0.00453. The third-order valence-corrected chi connectivity index (χ3v) is 2.84. The van der Waals surface area contributed by atoms with E-state index < -0.39 is 5.97 Å². The van der Waals surface area contributed by atoms with E-state index in [4.69, 9.17) is 14.3 Å². The van der Waals surface area contributed by atoms with Crippen molar-refractivity contribution in [2.75, 3.05) is 26.3 Å². The molecule has 0 unspecified atom stereocenters. The zero-order valence-corrected chi connectivity index (χ0v) is 9.18. The van der Waals surface area contributed by atoms with Crippen molar-refractivity contribution in [3.05, 3.63) is 23.7 Å². The normalized spacial score (nSPS) is 19.6. The van der Waals surface area contributed by atoms with Crippen LogP contribution in [-0.2, 0) is 4.74 Å². The Kier molecular flexibility index (Phi) is 3.26. The molecule has 1 aliphatic rings. The second-order valence-electron chi connectivity index (χ2n) is 3.83. The summed E-state index contributed by atoms with van der Waals surface area (Å²) in [7, 11) is 0. The minimum Gasteiger partial charge on any atom is -0.475 e. The van der Waals surface area contributed by atoms with Crippen molar-refractivity contribution in [2.45, 2.75) is 13.0 Å². The van der Waals surface area contributed by atoms with Gasteiger partial charge in [-0.1, -0.05) is 0 Å². The standard InChI is InChI=1S/C11H15NO4/c1-8(12-4-6-15-7-5-12)9-2-3-10(16-9)11(13)14/h2-3,8H,4-7H2,1H3,(H,13,14)/t8-/m0/s1. The van der Waals surface area contributed by atoms with Crippen molar-refractivity contribution in [3.63, 3.8) is 0 Å². The molecule has 1 aromatic heterocycles. The predicted molar refractivity (Wildman–Crippen MR) is 56.5 cm³/mol. The molecule has 0 radical (unpaired) electrons. The zero-order chi connectivity index (χ0) is 11.5. The largest absolute Gasteiger partial charge is 0.475 e. The molecule has 5 nitrogen and oxygen atoms in total. The molecular formula is C11H15NO4. The van der Waals surface area contributed by atoms with Crippen LogP contribution in [0.25, 0.3) is 0 Å². The molecule has 0 bridgehead atoms. The van der Waals surface area contributed by atoms with Gasteiger partial charge in [-0.2, -0.15) is 0 Å². The van der Waals surface area contributed by atoms with Crippen LogP contribution in [0, 0.1) is 0 Å². The number of morpholine rings is 1. The van der Waals surface area contributed by atoms with Crippen molar-refractivity contribution >= 4 is 5.97 Å². The molecule has 0 saturated carbocycles. The summed E-state index contributed by atoms with van der Waals surface area (Å²) in [4.78, 5) is 12.9. The van der Waals surface area contributed by atoms with Gasteiger partial charge >= 0.3 is 5.97 Å². The highest BCUT2D eigenvalue weighted by Crippen LogP contribution is 2.23. The van der Waals surface area contributed by atoms with Crippen molar-refractivity contribution in [2.24, 2.45) is 0 Å². The first-order valence-electron chi connectivity index (χ1n) is 5.33. The average Bonchev–Trinajstić information content (AvgIpc) is 2.78. The maximum Gasteiger partial charge on any atom is 0.371 e. The molecule has 0 aliphatic carbocycles. The topological polar surface area (TPSA) is 62.9 Å². The van der Waals surface area contributed by atoms with Gasteiger partial charge in [0.15, 0.2) is 0 Å². The van der Waals surface area contributed by atoms with Crippen molar-refractivity contribution < 1.29 is 19.1 Å². The summed E-state index contributed by atoms with van der Waals surface area (Å²) in [5.41, 5.74) is 0. The SMILES string of the molecule is C[C@@H](c1ccc(C(=O)O)o1)N1CCOCC1. The highest BCUT2D eigenvalue weighted by Gasteiger charge is 2.22. The van der Waals surface area contributed by atoms with E-state index in [1.807, 2.05) is 6.92 Å². The summed E-state index contributed by atoms with van der Waals surface area (Å²) in [5, 5.41) is 8.76. The first-order chi connectivity index (χ1) is 7.68. The van der Waals surface area contributed by atoms with Gasteiger partial charge in [0, 0.05) is 13.1 Å². The molecule has 1 atom stereocenters. The number of furan rings is 1. The van der Waals surface area contributed by atoms with Crippen LogP contribution in [0.2, 0.25) is 0 Å². The summed E-state index contributed by atoms with van der Waals surface area (Å²) in [6, 6.07) is 3.31. The van der Waals surface area contributed by atoms with Gasteiger partial charge in [0.05, 0.1) is 19.3 Å². The monoisotopic (exact) mass is 225 g/mol. The van der Waals surface area contributed by atoms with Crippen LogP contribution in [0.4, 0.5) is 0 Å². The summed E-state index contributed by atoms with van der Waals surface area (Å²) < 4.78 is 10.5. The molecular weight excluding hydrogens is 210 g/mol. The van der Waals surface area contributed by atoms with E-state index in [-0.39, 0.29) is 11.8 Å². The third-order valence-electron chi connectivity index (χ3n) is 2.84. The highest BCUT2D eigenvalue weighted by atomic mass is 16.5. The fourth-order valence-electron chi connectivity index (χ4n) is 1.84. The van der Waals surface area contributed by atoms with Crippen LogP contribution in [0.15, 0.2) is 16.5 Å². The summed E-state index contributed by atoms with van der Waals surface area (Å²) >= 11 is 0. The Labute approximate surface area is 93.6 Å². The maximum atomic E-state index is 10.7. The second-order valence-corrected chi connectivity index (χ2v) is 3.83. The van der Waals surface area contributed by atoms with Crippen LogP contribution in [-0.4, -0.2) is 42.3 Å². The Balaban J connectivity index is 2.07. The average molecular weight is 225 g/mol. The summed E-state index contributed by atoms with van der Waals surface area (Å²) in [6.07, 6.45) is 0. The number of carboxylic acids is 1. The highest BCUT2D eigenvalue weighted by molar-refractivity contribution is 5.84. The fourth-order valence-corrected chi connectivity index (χ4v) is 1.84. The van der Waals surface area contributed by atoms with Gasteiger partial charge in [0.25, 0.3) is 0 Å². The molecule has 1 aliphatic heterocycles. The van der Waals surface area contributed by atoms with Gasteiger partial charge < -0.3 is 14.3 Å². The summed E-state index contributed by atoms with van der Waals surface area (Å²) in [5.74, 6) is -0.338. The molecule has 2 rings (SSSR count). The van der Waals surface area contributed by atoms with E-state index in [9.17, 15) is 4.79 Å². The molecule has 0 spiro atoms. The van der Waals surface area contributed by atoms with E-state index >= 15 is 0 Å². The van der Waals surface area contributed by atoms with Gasteiger partial charge in [-0.05, 0) is 19.1 Å². The quantitative estimate of drug-likeness (QED) is 0.841. The van der Waals surface area contributed by atoms with Gasteiger partial charge in [-0.3, -0.25) is 4.90 Å². The Hall–Kier alpha value is -1.33.